The number of anilines is 1. The zero-order valence-corrected chi connectivity index (χ0v) is 13.8. The maximum absolute atomic E-state index is 13.6. The Morgan fingerprint density at radius 1 is 1.29 bits per heavy atom. The van der Waals surface area contributed by atoms with E-state index < -0.39 is 23.3 Å². The number of aromatic nitrogens is 2. The first-order valence-electron chi connectivity index (χ1n) is 7.79. The Morgan fingerprint density at radius 3 is 2.71 bits per heavy atom. The quantitative estimate of drug-likeness (QED) is 0.855. The molecule has 2 aromatic rings. The molecule has 24 heavy (non-hydrogen) atoms. The Balaban J connectivity index is 2.02. The number of H-pyrrole nitrogens is 1. The minimum absolute atomic E-state index is 0.404. The molecule has 128 valence electrons. The normalized spacial score (nSPS) is 14.5. The highest BCUT2D eigenvalue weighted by molar-refractivity contribution is 5.94. The number of fused-ring (bicyclic) bond motifs is 1. The maximum Gasteiger partial charge on any atom is 0.414 e. The van der Waals surface area contributed by atoms with Gasteiger partial charge < -0.3 is 4.74 Å². The summed E-state index contributed by atoms with van der Waals surface area (Å²) in [5, 5.41) is 7.10. The van der Waals surface area contributed by atoms with Gasteiger partial charge in [-0.15, -0.1) is 0 Å². The second-order valence-corrected chi connectivity index (χ2v) is 6.76. The average molecular weight is 335 g/mol. The number of nitrogens with one attached hydrogen (secondary N) is 1. The third-order valence-corrected chi connectivity index (χ3v) is 3.70. The molecule has 1 amide bonds. The average Bonchev–Trinajstić information content (AvgIpc) is 2.92. The molecule has 0 fully saturated rings. The Bertz CT molecular complexity index is 781. The van der Waals surface area contributed by atoms with Crippen molar-refractivity contribution < 1.29 is 18.3 Å². The van der Waals surface area contributed by atoms with Gasteiger partial charge in [0.2, 0.25) is 0 Å². The number of hydrogen-bond acceptors (Lipinski definition) is 3. The van der Waals surface area contributed by atoms with Crippen molar-refractivity contribution in [2.24, 2.45) is 0 Å². The second kappa shape index (κ2) is 5.89. The standard InChI is InChI=1S/C17H19F2N3O2/c1-17(2,3)24-16(23)22-8-4-5-13-15(22)14(21-20-13)10-6-7-11(18)12(19)9-10/h6-7,9H,4-5,8H2,1-3H3,(H,20,21). The lowest BCUT2D eigenvalue weighted by Crippen LogP contribution is -2.39. The Morgan fingerprint density at radius 2 is 2.04 bits per heavy atom. The summed E-state index contributed by atoms with van der Waals surface area (Å²) in [6.45, 7) is 5.86. The number of amides is 1. The summed E-state index contributed by atoms with van der Waals surface area (Å²) in [6.07, 6.45) is 1.02. The molecule has 1 aromatic heterocycles. The fraction of sp³-hybridized carbons (Fsp3) is 0.412. The summed E-state index contributed by atoms with van der Waals surface area (Å²) < 4.78 is 32.2. The van der Waals surface area contributed by atoms with E-state index in [-0.39, 0.29) is 0 Å². The number of carbonyl (C=O) groups is 1. The summed E-state index contributed by atoms with van der Waals surface area (Å²) in [4.78, 5) is 14.0. The van der Waals surface area contributed by atoms with Crippen LogP contribution in [0, 0.1) is 11.6 Å². The summed E-state index contributed by atoms with van der Waals surface area (Å²) in [6, 6.07) is 3.57. The molecule has 0 spiro atoms. The number of halogens is 2. The first-order chi connectivity index (χ1) is 11.3. The van der Waals surface area contributed by atoms with E-state index in [4.69, 9.17) is 4.74 Å². The fourth-order valence-electron chi connectivity index (χ4n) is 2.71. The molecule has 0 saturated carbocycles. The highest BCUT2D eigenvalue weighted by atomic mass is 19.2. The number of carbonyl (C=O) groups excluding carboxylic acids is 1. The van der Waals surface area contributed by atoms with E-state index in [0.29, 0.717) is 23.5 Å². The molecule has 0 radical (unpaired) electrons. The van der Waals surface area contributed by atoms with E-state index in [1.54, 1.807) is 20.8 Å². The van der Waals surface area contributed by atoms with Crippen LogP contribution in [0.1, 0.15) is 32.9 Å². The SMILES string of the molecule is CC(C)(C)OC(=O)N1CCCc2[nH]nc(-c3ccc(F)c(F)c3)c21. The molecule has 3 rings (SSSR count). The van der Waals surface area contributed by atoms with E-state index in [1.165, 1.54) is 11.0 Å². The zero-order chi connectivity index (χ0) is 17.5. The smallest absolute Gasteiger partial charge is 0.414 e. The molecule has 2 heterocycles. The van der Waals surface area contributed by atoms with Gasteiger partial charge in [-0.05, 0) is 51.8 Å². The lowest BCUT2D eigenvalue weighted by Gasteiger charge is -2.30. The van der Waals surface area contributed by atoms with Crippen LogP contribution in [0.5, 0.6) is 0 Å². The van der Waals surface area contributed by atoms with Crippen LogP contribution in [0.25, 0.3) is 11.3 Å². The molecular weight excluding hydrogens is 316 g/mol. The fourth-order valence-corrected chi connectivity index (χ4v) is 2.71. The van der Waals surface area contributed by atoms with Gasteiger partial charge in [-0.3, -0.25) is 10.00 Å². The predicted octanol–water partition coefficient (Wildman–Crippen LogP) is 4.04. The Kier molecular flexibility index (Phi) is 4.03. The van der Waals surface area contributed by atoms with Gasteiger partial charge >= 0.3 is 6.09 Å². The summed E-state index contributed by atoms with van der Waals surface area (Å²) in [7, 11) is 0. The molecule has 5 nitrogen and oxygen atoms in total. The lowest BCUT2D eigenvalue weighted by molar-refractivity contribution is 0.0578. The molecule has 0 saturated heterocycles. The Labute approximate surface area is 138 Å². The molecular formula is C17H19F2N3O2. The number of rotatable bonds is 1. The molecule has 0 aliphatic carbocycles. The first kappa shape index (κ1) is 16.4. The van der Waals surface area contributed by atoms with Gasteiger partial charge in [0.15, 0.2) is 11.6 Å². The molecule has 0 atom stereocenters. The van der Waals surface area contributed by atoms with Crippen molar-refractivity contribution in [2.45, 2.75) is 39.2 Å². The molecule has 1 aliphatic rings. The van der Waals surface area contributed by atoms with Crippen LogP contribution in [0.15, 0.2) is 18.2 Å². The monoisotopic (exact) mass is 335 g/mol. The van der Waals surface area contributed by atoms with Crippen molar-refractivity contribution in [1.82, 2.24) is 10.2 Å². The van der Waals surface area contributed by atoms with Crippen molar-refractivity contribution >= 4 is 11.8 Å². The van der Waals surface area contributed by atoms with Gasteiger partial charge in [0.1, 0.15) is 11.3 Å². The van der Waals surface area contributed by atoms with E-state index >= 15 is 0 Å². The van der Waals surface area contributed by atoms with Crippen LogP contribution in [0.3, 0.4) is 0 Å². The number of aromatic amines is 1. The van der Waals surface area contributed by atoms with Gasteiger partial charge in [0, 0.05) is 12.1 Å². The maximum atomic E-state index is 13.6. The van der Waals surface area contributed by atoms with Crippen molar-refractivity contribution in [1.29, 1.82) is 0 Å². The van der Waals surface area contributed by atoms with Crippen molar-refractivity contribution in [3.8, 4) is 11.3 Å². The number of nitrogens with zero attached hydrogens (tertiary/aromatic N) is 2. The third kappa shape index (κ3) is 3.11. The van der Waals surface area contributed by atoms with Crippen molar-refractivity contribution in [3.05, 3.63) is 35.5 Å². The molecule has 1 aliphatic heterocycles. The predicted molar refractivity (Wildman–Crippen MR) is 85.8 cm³/mol. The molecule has 0 bridgehead atoms. The number of hydrogen-bond donors (Lipinski definition) is 1. The third-order valence-electron chi connectivity index (χ3n) is 3.70. The van der Waals surface area contributed by atoms with Crippen LogP contribution in [0.2, 0.25) is 0 Å². The minimum atomic E-state index is -0.955. The summed E-state index contributed by atoms with van der Waals surface area (Å²) in [5.41, 5.74) is 1.55. The highest BCUT2D eigenvalue weighted by Crippen LogP contribution is 2.36. The molecule has 0 unspecified atom stereocenters. The van der Waals surface area contributed by atoms with Gasteiger partial charge in [-0.1, -0.05) is 0 Å². The molecule has 1 aromatic carbocycles. The van der Waals surface area contributed by atoms with Gasteiger partial charge in [-0.2, -0.15) is 5.10 Å². The largest absolute Gasteiger partial charge is 0.443 e. The zero-order valence-electron chi connectivity index (χ0n) is 13.8. The topological polar surface area (TPSA) is 58.2 Å². The number of ether oxygens (including phenoxy) is 1. The van der Waals surface area contributed by atoms with Gasteiger partial charge in [0.25, 0.3) is 0 Å². The van der Waals surface area contributed by atoms with Crippen molar-refractivity contribution in [2.75, 3.05) is 11.4 Å². The van der Waals surface area contributed by atoms with Gasteiger partial charge in [0.05, 0.1) is 11.4 Å². The minimum Gasteiger partial charge on any atom is -0.443 e. The molecule has 7 heteroatoms. The van der Waals surface area contributed by atoms with E-state index in [9.17, 15) is 13.6 Å². The van der Waals surface area contributed by atoms with Crippen LogP contribution >= 0.6 is 0 Å². The van der Waals surface area contributed by atoms with E-state index in [0.717, 1.165) is 30.7 Å². The summed E-state index contributed by atoms with van der Waals surface area (Å²) in [5.74, 6) is -1.88. The number of aryl methyl sites for hydroxylation is 1. The van der Waals surface area contributed by atoms with E-state index in [2.05, 4.69) is 10.2 Å². The van der Waals surface area contributed by atoms with Crippen LogP contribution in [-0.4, -0.2) is 28.4 Å². The number of benzene rings is 1. The van der Waals surface area contributed by atoms with Crippen molar-refractivity contribution in [3.63, 3.8) is 0 Å². The second-order valence-electron chi connectivity index (χ2n) is 6.76. The first-order valence-corrected chi connectivity index (χ1v) is 7.79. The lowest BCUT2D eigenvalue weighted by atomic mass is 10.0. The highest BCUT2D eigenvalue weighted by Gasteiger charge is 2.31. The van der Waals surface area contributed by atoms with Crippen LogP contribution in [-0.2, 0) is 11.2 Å². The Hall–Kier alpha value is -2.44. The molecule has 1 N–H and O–H groups in total. The van der Waals surface area contributed by atoms with Gasteiger partial charge in [-0.25, -0.2) is 13.6 Å². The summed E-state index contributed by atoms with van der Waals surface area (Å²) >= 11 is 0. The van der Waals surface area contributed by atoms with Crippen LogP contribution < -0.4 is 4.90 Å². The van der Waals surface area contributed by atoms with E-state index in [1.807, 2.05) is 0 Å². The van der Waals surface area contributed by atoms with Crippen LogP contribution in [0.4, 0.5) is 19.3 Å².